The molecule has 0 saturated heterocycles. The molecule has 0 saturated carbocycles. The van der Waals surface area contributed by atoms with Crippen LogP contribution in [0.15, 0.2) is 16.6 Å². The summed E-state index contributed by atoms with van der Waals surface area (Å²) in [7, 11) is 0. The first kappa shape index (κ1) is 15.3. The lowest BCUT2D eigenvalue weighted by Gasteiger charge is -2.12. The summed E-state index contributed by atoms with van der Waals surface area (Å²) in [4.78, 5) is 0. The normalized spacial score (nSPS) is 10.9. The zero-order valence-corrected chi connectivity index (χ0v) is 13.9. The second-order valence-corrected chi connectivity index (χ2v) is 5.83. The standard InChI is InChI=1S/C14H16BrClFN3/c1-4-20-13(14(16)9(3)19-20)7-18-12-6-11(17)10(15)5-8(12)2/h5-6,18H,4,7H2,1-3H3. The van der Waals surface area contributed by atoms with Crippen molar-refractivity contribution in [2.45, 2.75) is 33.9 Å². The van der Waals surface area contributed by atoms with E-state index >= 15 is 0 Å². The molecule has 20 heavy (non-hydrogen) atoms. The first-order chi connectivity index (χ1) is 9.43. The quantitative estimate of drug-likeness (QED) is 0.857. The Bertz CT molecular complexity index is 640. The van der Waals surface area contributed by atoms with E-state index in [1.165, 1.54) is 6.07 Å². The smallest absolute Gasteiger partial charge is 0.139 e. The van der Waals surface area contributed by atoms with Gasteiger partial charge >= 0.3 is 0 Å². The number of hydrogen-bond acceptors (Lipinski definition) is 2. The molecule has 3 nitrogen and oxygen atoms in total. The third-order valence-corrected chi connectivity index (χ3v) is 4.27. The van der Waals surface area contributed by atoms with E-state index in [1.807, 2.05) is 25.5 Å². The Balaban J connectivity index is 2.23. The van der Waals surface area contributed by atoms with Gasteiger partial charge in [0.2, 0.25) is 0 Å². The molecule has 0 aliphatic heterocycles. The fourth-order valence-corrected chi connectivity index (χ4v) is 2.71. The van der Waals surface area contributed by atoms with Crippen LogP contribution in [0.3, 0.4) is 0 Å². The molecule has 2 aromatic rings. The molecule has 1 aromatic heterocycles. The Morgan fingerprint density at radius 1 is 1.40 bits per heavy atom. The number of nitrogens with zero attached hydrogens (tertiary/aromatic N) is 2. The van der Waals surface area contributed by atoms with E-state index in [2.05, 4.69) is 26.3 Å². The fraction of sp³-hybridized carbons (Fsp3) is 0.357. The molecule has 1 heterocycles. The molecule has 0 fully saturated rings. The molecule has 0 spiro atoms. The van der Waals surface area contributed by atoms with Crippen LogP contribution in [-0.2, 0) is 13.1 Å². The van der Waals surface area contributed by atoms with Gasteiger partial charge in [0.15, 0.2) is 0 Å². The number of benzene rings is 1. The van der Waals surface area contributed by atoms with Crippen molar-refractivity contribution in [2.24, 2.45) is 0 Å². The van der Waals surface area contributed by atoms with Gasteiger partial charge in [-0.05, 0) is 54.4 Å². The molecule has 108 valence electrons. The van der Waals surface area contributed by atoms with Crippen LogP contribution in [0.4, 0.5) is 10.1 Å². The van der Waals surface area contributed by atoms with Gasteiger partial charge in [-0.1, -0.05) is 11.6 Å². The van der Waals surface area contributed by atoms with Crippen LogP contribution >= 0.6 is 27.5 Å². The highest BCUT2D eigenvalue weighted by Gasteiger charge is 2.13. The predicted octanol–water partition coefficient (Wildman–Crippen LogP) is 4.69. The van der Waals surface area contributed by atoms with E-state index in [1.54, 1.807) is 6.07 Å². The summed E-state index contributed by atoms with van der Waals surface area (Å²) in [6.07, 6.45) is 0. The maximum absolute atomic E-state index is 13.6. The van der Waals surface area contributed by atoms with Gasteiger partial charge in [0.05, 0.1) is 27.4 Å². The summed E-state index contributed by atoms with van der Waals surface area (Å²) in [5.74, 6) is -0.288. The lowest BCUT2D eigenvalue weighted by atomic mass is 10.2. The van der Waals surface area contributed by atoms with Crippen LogP contribution in [0.1, 0.15) is 23.9 Å². The predicted molar refractivity (Wildman–Crippen MR) is 83.8 cm³/mol. The molecule has 0 amide bonds. The van der Waals surface area contributed by atoms with Crippen LogP contribution < -0.4 is 5.32 Å². The van der Waals surface area contributed by atoms with E-state index in [0.717, 1.165) is 29.2 Å². The van der Waals surface area contributed by atoms with Crippen LogP contribution in [0, 0.1) is 19.7 Å². The van der Waals surface area contributed by atoms with E-state index in [4.69, 9.17) is 11.6 Å². The molecule has 2 rings (SSSR count). The van der Waals surface area contributed by atoms with Gasteiger partial charge in [-0.3, -0.25) is 4.68 Å². The van der Waals surface area contributed by atoms with Crippen LogP contribution in [0.25, 0.3) is 0 Å². The van der Waals surface area contributed by atoms with Crippen molar-refractivity contribution in [2.75, 3.05) is 5.32 Å². The Labute approximate surface area is 131 Å². The first-order valence-corrected chi connectivity index (χ1v) is 7.52. The lowest BCUT2D eigenvalue weighted by molar-refractivity contribution is 0.618. The monoisotopic (exact) mass is 359 g/mol. The van der Waals surface area contributed by atoms with Crippen molar-refractivity contribution >= 4 is 33.2 Å². The number of hydrogen-bond donors (Lipinski definition) is 1. The zero-order chi connectivity index (χ0) is 14.9. The summed E-state index contributed by atoms with van der Waals surface area (Å²) >= 11 is 9.43. The second kappa shape index (κ2) is 6.14. The minimum atomic E-state index is -0.288. The molecule has 0 atom stereocenters. The van der Waals surface area contributed by atoms with E-state index < -0.39 is 0 Å². The number of halogens is 3. The molecule has 6 heteroatoms. The highest BCUT2D eigenvalue weighted by atomic mass is 79.9. The van der Waals surface area contributed by atoms with Crippen molar-refractivity contribution in [1.82, 2.24) is 9.78 Å². The molecule has 0 radical (unpaired) electrons. The second-order valence-electron chi connectivity index (χ2n) is 4.60. The van der Waals surface area contributed by atoms with Crippen molar-refractivity contribution in [1.29, 1.82) is 0 Å². The Morgan fingerprint density at radius 2 is 2.10 bits per heavy atom. The minimum absolute atomic E-state index is 0.288. The Kier molecular flexibility index (Phi) is 4.70. The molecule has 0 unspecified atom stereocenters. The third kappa shape index (κ3) is 2.99. The van der Waals surface area contributed by atoms with Gasteiger partial charge in [-0.25, -0.2) is 4.39 Å². The van der Waals surface area contributed by atoms with Gasteiger partial charge in [0.25, 0.3) is 0 Å². The SMILES string of the molecule is CCn1nc(C)c(Cl)c1CNc1cc(F)c(Br)cc1C. The molecular formula is C14H16BrClFN3. The van der Waals surface area contributed by atoms with Crippen molar-refractivity contribution < 1.29 is 4.39 Å². The van der Waals surface area contributed by atoms with Crippen molar-refractivity contribution in [3.63, 3.8) is 0 Å². The highest BCUT2D eigenvalue weighted by molar-refractivity contribution is 9.10. The molecular weight excluding hydrogens is 345 g/mol. The average molecular weight is 361 g/mol. The largest absolute Gasteiger partial charge is 0.379 e. The maximum Gasteiger partial charge on any atom is 0.139 e. The molecule has 1 aromatic carbocycles. The number of aryl methyl sites for hydroxylation is 3. The Morgan fingerprint density at radius 3 is 2.75 bits per heavy atom. The van der Waals surface area contributed by atoms with Gasteiger partial charge in [0.1, 0.15) is 5.82 Å². The molecule has 0 aliphatic rings. The Hall–Kier alpha value is -1.07. The van der Waals surface area contributed by atoms with E-state index in [0.29, 0.717) is 16.0 Å². The van der Waals surface area contributed by atoms with Gasteiger partial charge in [-0.2, -0.15) is 5.10 Å². The first-order valence-electron chi connectivity index (χ1n) is 6.35. The van der Waals surface area contributed by atoms with Gasteiger partial charge in [0, 0.05) is 12.2 Å². The van der Waals surface area contributed by atoms with Crippen LogP contribution in [0.2, 0.25) is 5.02 Å². The van der Waals surface area contributed by atoms with Crippen LogP contribution in [0.5, 0.6) is 0 Å². The zero-order valence-electron chi connectivity index (χ0n) is 11.6. The summed E-state index contributed by atoms with van der Waals surface area (Å²) < 4.78 is 15.9. The maximum atomic E-state index is 13.6. The lowest BCUT2D eigenvalue weighted by Crippen LogP contribution is -2.09. The summed E-state index contributed by atoms with van der Waals surface area (Å²) in [6.45, 7) is 7.07. The number of aromatic nitrogens is 2. The summed E-state index contributed by atoms with van der Waals surface area (Å²) in [5.41, 5.74) is 3.44. The topological polar surface area (TPSA) is 29.9 Å². The van der Waals surface area contributed by atoms with Crippen molar-refractivity contribution in [3.05, 3.63) is 44.4 Å². The summed E-state index contributed by atoms with van der Waals surface area (Å²) in [5, 5.41) is 8.24. The minimum Gasteiger partial charge on any atom is -0.379 e. The van der Waals surface area contributed by atoms with Gasteiger partial charge < -0.3 is 5.32 Å². The van der Waals surface area contributed by atoms with E-state index in [9.17, 15) is 4.39 Å². The number of anilines is 1. The highest BCUT2D eigenvalue weighted by Crippen LogP contribution is 2.26. The van der Waals surface area contributed by atoms with Crippen LogP contribution in [-0.4, -0.2) is 9.78 Å². The molecule has 1 N–H and O–H groups in total. The molecule has 0 bridgehead atoms. The summed E-state index contributed by atoms with van der Waals surface area (Å²) in [6, 6.07) is 3.23. The van der Waals surface area contributed by atoms with Crippen molar-refractivity contribution in [3.8, 4) is 0 Å². The fourth-order valence-electron chi connectivity index (χ4n) is 2.05. The average Bonchev–Trinajstić information content (AvgIpc) is 2.68. The number of nitrogens with one attached hydrogen (secondary N) is 1. The van der Waals surface area contributed by atoms with Gasteiger partial charge in [-0.15, -0.1) is 0 Å². The third-order valence-electron chi connectivity index (χ3n) is 3.17. The molecule has 0 aliphatic carbocycles. The number of rotatable bonds is 4. The van der Waals surface area contributed by atoms with E-state index in [-0.39, 0.29) is 5.82 Å².